The maximum Gasteiger partial charge on any atom is 0.231 e. The molecule has 25 heavy (non-hydrogen) atoms. The van der Waals surface area contributed by atoms with Crippen molar-refractivity contribution < 1.29 is 9.59 Å². The van der Waals surface area contributed by atoms with Gasteiger partial charge in [0, 0.05) is 31.4 Å². The zero-order valence-corrected chi connectivity index (χ0v) is 14.6. The van der Waals surface area contributed by atoms with Crippen LogP contribution in [0.25, 0.3) is 10.8 Å². The van der Waals surface area contributed by atoms with E-state index in [1.165, 1.54) is 0 Å². The normalized spacial score (nSPS) is 20.5. The molecule has 4 rings (SSSR count). The number of piperidine rings is 1. The summed E-state index contributed by atoms with van der Waals surface area (Å²) in [5.74, 6) is 0.500. The minimum atomic E-state index is -0.0968. The third-order valence-corrected chi connectivity index (χ3v) is 5.47. The average Bonchev–Trinajstić information content (AvgIpc) is 3.51. The molecule has 2 fully saturated rings. The van der Waals surface area contributed by atoms with Crippen LogP contribution < -0.4 is 4.90 Å². The second-order valence-electron chi connectivity index (χ2n) is 7.29. The van der Waals surface area contributed by atoms with E-state index in [4.69, 9.17) is 0 Å². The molecule has 0 spiro atoms. The fourth-order valence-corrected chi connectivity index (χ4v) is 3.86. The highest BCUT2D eigenvalue weighted by molar-refractivity contribution is 6.04. The van der Waals surface area contributed by atoms with Crippen LogP contribution in [0.1, 0.15) is 25.7 Å². The van der Waals surface area contributed by atoms with Gasteiger partial charge in [-0.2, -0.15) is 0 Å². The smallest absolute Gasteiger partial charge is 0.231 e. The van der Waals surface area contributed by atoms with E-state index in [2.05, 4.69) is 18.2 Å². The lowest BCUT2D eigenvalue weighted by Gasteiger charge is -2.34. The minimum absolute atomic E-state index is 0.0968. The van der Waals surface area contributed by atoms with Crippen molar-refractivity contribution in [3.05, 3.63) is 42.5 Å². The zero-order valence-electron chi connectivity index (χ0n) is 14.6. The summed E-state index contributed by atoms with van der Waals surface area (Å²) >= 11 is 0. The Morgan fingerprint density at radius 3 is 2.56 bits per heavy atom. The largest absolute Gasteiger partial charge is 0.342 e. The van der Waals surface area contributed by atoms with Gasteiger partial charge in [0.2, 0.25) is 11.8 Å². The third-order valence-electron chi connectivity index (χ3n) is 5.47. The summed E-state index contributed by atoms with van der Waals surface area (Å²) in [5.41, 5.74) is 0.939. The third kappa shape index (κ3) is 3.13. The topological polar surface area (TPSA) is 40.6 Å². The molecule has 1 saturated heterocycles. The summed E-state index contributed by atoms with van der Waals surface area (Å²) in [6, 6.07) is 14.2. The summed E-state index contributed by atoms with van der Waals surface area (Å²) < 4.78 is 0. The predicted molar refractivity (Wildman–Crippen MR) is 99.4 cm³/mol. The molecule has 0 unspecified atom stereocenters. The molecular weight excluding hydrogens is 312 g/mol. The first-order valence-electron chi connectivity index (χ1n) is 9.19. The molecular formula is C21H24N2O2. The van der Waals surface area contributed by atoms with Crippen LogP contribution in [0.2, 0.25) is 0 Å². The van der Waals surface area contributed by atoms with E-state index in [1.54, 1.807) is 4.90 Å². The molecule has 2 aromatic rings. The van der Waals surface area contributed by atoms with E-state index in [9.17, 15) is 9.59 Å². The van der Waals surface area contributed by atoms with Gasteiger partial charge in [0.15, 0.2) is 0 Å². The Bertz CT molecular complexity index is 807. The molecule has 0 aromatic heterocycles. The highest BCUT2D eigenvalue weighted by Crippen LogP contribution is 2.33. The lowest BCUT2D eigenvalue weighted by atomic mass is 9.95. The van der Waals surface area contributed by atoms with Gasteiger partial charge in [-0.25, -0.2) is 0 Å². The number of fused-ring (bicyclic) bond motifs is 1. The molecule has 2 amide bonds. The molecule has 2 aliphatic rings. The average molecular weight is 336 g/mol. The molecule has 1 aliphatic heterocycles. The van der Waals surface area contributed by atoms with Crippen LogP contribution in [-0.2, 0) is 9.59 Å². The summed E-state index contributed by atoms with van der Waals surface area (Å²) in [6.07, 6.45) is 3.81. The van der Waals surface area contributed by atoms with E-state index in [0.717, 1.165) is 48.7 Å². The lowest BCUT2D eigenvalue weighted by molar-refractivity contribution is -0.136. The van der Waals surface area contributed by atoms with Gasteiger partial charge in [-0.1, -0.05) is 36.4 Å². The number of benzene rings is 2. The monoisotopic (exact) mass is 336 g/mol. The van der Waals surface area contributed by atoms with Gasteiger partial charge in [0.1, 0.15) is 0 Å². The molecule has 1 heterocycles. The van der Waals surface area contributed by atoms with Gasteiger partial charge >= 0.3 is 0 Å². The Balaban J connectivity index is 1.54. The second kappa shape index (κ2) is 6.51. The first kappa shape index (κ1) is 16.1. The standard InChI is InChI=1S/C21H24N2O2/c1-22(19-10-4-7-15-6-2-3-9-18(15)19)20(24)17-8-5-13-23(14-17)21(25)16-11-12-16/h2-4,6-7,9-10,16-17H,5,8,11-14H2,1H3/t17-/m0/s1. The first-order chi connectivity index (χ1) is 12.1. The fraction of sp³-hybridized carbons (Fsp3) is 0.429. The number of rotatable bonds is 3. The zero-order chi connectivity index (χ0) is 17.4. The molecule has 1 aliphatic carbocycles. The summed E-state index contributed by atoms with van der Waals surface area (Å²) in [7, 11) is 1.85. The first-order valence-corrected chi connectivity index (χ1v) is 9.19. The highest BCUT2D eigenvalue weighted by atomic mass is 16.2. The van der Waals surface area contributed by atoms with Gasteiger partial charge in [-0.3, -0.25) is 9.59 Å². The van der Waals surface area contributed by atoms with Crippen LogP contribution in [0.15, 0.2) is 42.5 Å². The Kier molecular flexibility index (Phi) is 4.20. The molecule has 4 heteroatoms. The van der Waals surface area contributed by atoms with Gasteiger partial charge < -0.3 is 9.80 Å². The van der Waals surface area contributed by atoms with Crippen LogP contribution >= 0.6 is 0 Å². The van der Waals surface area contributed by atoms with E-state index in [-0.39, 0.29) is 23.7 Å². The second-order valence-corrected chi connectivity index (χ2v) is 7.29. The summed E-state index contributed by atoms with van der Waals surface area (Å²) in [4.78, 5) is 29.1. The number of amides is 2. The number of nitrogens with zero attached hydrogens (tertiary/aromatic N) is 2. The SMILES string of the molecule is CN(C(=O)[C@H]1CCCN(C(=O)C2CC2)C1)c1cccc2ccccc12. The predicted octanol–water partition coefficient (Wildman–Crippen LogP) is 3.45. The Morgan fingerprint density at radius 2 is 1.76 bits per heavy atom. The number of carbonyl (C=O) groups is 2. The van der Waals surface area contributed by atoms with Crippen molar-refractivity contribution in [2.75, 3.05) is 25.0 Å². The van der Waals surface area contributed by atoms with Crippen molar-refractivity contribution >= 4 is 28.3 Å². The van der Waals surface area contributed by atoms with E-state index in [1.807, 2.05) is 36.2 Å². The summed E-state index contributed by atoms with van der Waals surface area (Å²) in [6.45, 7) is 1.38. The van der Waals surface area contributed by atoms with E-state index >= 15 is 0 Å². The van der Waals surface area contributed by atoms with Crippen molar-refractivity contribution in [1.82, 2.24) is 4.90 Å². The number of hydrogen-bond donors (Lipinski definition) is 0. The van der Waals surface area contributed by atoms with Gasteiger partial charge in [-0.05, 0) is 37.1 Å². The molecule has 2 aromatic carbocycles. The Labute approximate surface area is 148 Å². The Hall–Kier alpha value is -2.36. The minimum Gasteiger partial charge on any atom is -0.342 e. The number of carbonyl (C=O) groups excluding carboxylic acids is 2. The molecule has 0 radical (unpaired) electrons. The maximum atomic E-state index is 13.1. The lowest BCUT2D eigenvalue weighted by Crippen LogP contribution is -2.46. The summed E-state index contributed by atoms with van der Waals surface area (Å²) in [5, 5.41) is 2.22. The highest BCUT2D eigenvalue weighted by Gasteiger charge is 2.37. The van der Waals surface area contributed by atoms with Crippen LogP contribution in [-0.4, -0.2) is 36.9 Å². The quantitative estimate of drug-likeness (QED) is 0.861. The van der Waals surface area contributed by atoms with Crippen LogP contribution in [0.5, 0.6) is 0 Å². The number of anilines is 1. The number of hydrogen-bond acceptors (Lipinski definition) is 2. The molecule has 4 nitrogen and oxygen atoms in total. The molecule has 1 atom stereocenters. The van der Waals surface area contributed by atoms with E-state index < -0.39 is 0 Å². The fourth-order valence-electron chi connectivity index (χ4n) is 3.86. The van der Waals surface area contributed by atoms with Crippen LogP contribution in [0.4, 0.5) is 5.69 Å². The van der Waals surface area contributed by atoms with Crippen molar-refractivity contribution in [3.8, 4) is 0 Å². The van der Waals surface area contributed by atoms with Crippen molar-refractivity contribution in [3.63, 3.8) is 0 Å². The van der Waals surface area contributed by atoms with Gasteiger partial charge in [-0.15, -0.1) is 0 Å². The van der Waals surface area contributed by atoms with Gasteiger partial charge in [0.25, 0.3) is 0 Å². The maximum absolute atomic E-state index is 13.1. The van der Waals surface area contributed by atoms with Crippen molar-refractivity contribution in [2.24, 2.45) is 11.8 Å². The van der Waals surface area contributed by atoms with E-state index in [0.29, 0.717) is 6.54 Å². The van der Waals surface area contributed by atoms with Crippen molar-refractivity contribution in [1.29, 1.82) is 0 Å². The molecule has 0 N–H and O–H groups in total. The van der Waals surface area contributed by atoms with Crippen LogP contribution in [0, 0.1) is 11.8 Å². The van der Waals surface area contributed by atoms with Crippen LogP contribution in [0.3, 0.4) is 0 Å². The molecule has 1 saturated carbocycles. The molecule has 130 valence electrons. The van der Waals surface area contributed by atoms with Gasteiger partial charge in [0.05, 0.1) is 11.6 Å². The molecule has 0 bridgehead atoms. The Morgan fingerprint density at radius 1 is 1.00 bits per heavy atom. The van der Waals surface area contributed by atoms with Crippen molar-refractivity contribution in [2.45, 2.75) is 25.7 Å². The number of likely N-dealkylation sites (tertiary alicyclic amines) is 1.